The highest BCUT2D eigenvalue weighted by molar-refractivity contribution is 5.70. The maximum absolute atomic E-state index is 10.9. The molecule has 2 rings (SSSR count). The Kier molecular flexibility index (Phi) is 1.93. The predicted molar refractivity (Wildman–Crippen MR) is 48.3 cm³/mol. The predicted octanol–water partition coefficient (Wildman–Crippen LogP) is 1.86. The first kappa shape index (κ1) is 8.10. The van der Waals surface area contributed by atoms with Crippen LogP contribution in [-0.2, 0) is 4.74 Å². The lowest BCUT2D eigenvalue weighted by molar-refractivity contribution is 0.134. The molecular weight excluding hydrogens is 166 g/mol. The molecule has 1 saturated heterocycles. The minimum absolute atomic E-state index is 0.0508. The number of hydrogen-bond acceptors (Lipinski definition) is 2. The van der Waals surface area contributed by atoms with Crippen molar-refractivity contribution < 1.29 is 9.53 Å². The molecule has 1 aromatic rings. The highest BCUT2D eigenvalue weighted by Gasteiger charge is 2.31. The average Bonchev–Trinajstić information content (AvgIpc) is 2.47. The number of hydrogen-bond donors (Lipinski definition) is 1. The molecule has 0 spiro atoms. The fourth-order valence-electron chi connectivity index (χ4n) is 1.51. The lowest BCUT2D eigenvalue weighted by atomic mass is 10.0. The average molecular weight is 177 g/mol. The zero-order valence-electron chi connectivity index (χ0n) is 7.36. The minimum Gasteiger partial charge on any atom is -0.439 e. The second kappa shape index (κ2) is 3.09. The van der Waals surface area contributed by atoms with Gasteiger partial charge in [0.25, 0.3) is 0 Å². The largest absolute Gasteiger partial charge is 0.439 e. The van der Waals surface area contributed by atoms with Gasteiger partial charge in [0.05, 0.1) is 6.04 Å². The van der Waals surface area contributed by atoms with Crippen LogP contribution < -0.4 is 5.32 Å². The van der Waals surface area contributed by atoms with Crippen molar-refractivity contribution in [2.24, 2.45) is 0 Å². The number of rotatable bonds is 1. The van der Waals surface area contributed by atoms with Gasteiger partial charge in [-0.3, -0.25) is 0 Å². The molecule has 1 aliphatic heterocycles. The van der Waals surface area contributed by atoms with E-state index >= 15 is 0 Å². The van der Waals surface area contributed by atoms with Crippen molar-refractivity contribution in [2.45, 2.75) is 19.1 Å². The van der Waals surface area contributed by atoms with Crippen molar-refractivity contribution in [1.29, 1.82) is 0 Å². The molecule has 68 valence electrons. The number of carbonyl (C=O) groups excluding carboxylic acids is 1. The molecule has 0 aromatic heterocycles. The van der Waals surface area contributed by atoms with Gasteiger partial charge in [-0.15, -0.1) is 0 Å². The standard InChI is InChI=1S/C10H11NO2/c1-7-9(13-10(12)11-7)8-5-3-2-4-6-8/h2-7,9H,1H3,(H,11,12)/t7-,9+/m1/s1. The zero-order chi connectivity index (χ0) is 9.26. The van der Waals surface area contributed by atoms with Crippen molar-refractivity contribution in [1.82, 2.24) is 5.32 Å². The number of benzene rings is 1. The Morgan fingerprint density at radius 3 is 2.54 bits per heavy atom. The van der Waals surface area contributed by atoms with Crippen LogP contribution in [-0.4, -0.2) is 12.1 Å². The summed E-state index contributed by atoms with van der Waals surface area (Å²) < 4.78 is 5.11. The molecule has 0 bridgehead atoms. The summed E-state index contributed by atoms with van der Waals surface area (Å²) in [5.41, 5.74) is 1.04. The Hall–Kier alpha value is -1.51. The van der Waals surface area contributed by atoms with Gasteiger partial charge in [-0.1, -0.05) is 30.3 Å². The molecule has 1 fully saturated rings. The van der Waals surface area contributed by atoms with Gasteiger partial charge in [-0.2, -0.15) is 0 Å². The number of alkyl carbamates (subject to hydrolysis) is 1. The van der Waals surface area contributed by atoms with Crippen molar-refractivity contribution in [3.8, 4) is 0 Å². The van der Waals surface area contributed by atoms with Crippen molar-refractivity contribution in [3.05, 3.63) is 35.9 Å². The Morgan fingerprint density at radius 1 is 1.31 bits per heavy atom. The van der Waals surface area contributed by atoms with Gasteiger partial charge in [-0.25, -0.2) is 4.79 Å². The number of ether oxygens (including phenoxy) is 1. The van der Waals surface area contributed by atoms with Crippen molar-refractivity contribution in [3.63, 3.8) is 0 Å². The van der Waals surface area contributed by atoms with Crippen molar-refractivity contribution in [2.75, 3.05) is 0 Å². The van der Waals surface area contributed by atoms with E-state index in [1.54, 1.807) is 0 Å². The molecule has 13 heavy (non-hydrogen) atoms. The fraction of sp³-hybridized carbons (Fsp3) is 0.300. The van der Waals surface area contributed by atoms with Crippen LogP contribution in [0.3, 0.4) is 0 Å². The van der Waals surface area contributed by atoms with Crippen LogP contribution in [0.4, 0.5) is 4.79 Å². The number of carbonyl (C=O) groups is 1. The van der Waals surface area contributed by atoms with E-state index in [-0.39, 0.29) is 18.2 Å². The van der Waals surface area contributed by atoms with E-state index in [0.717, 1.165) is 5.56 Å². The van der Waals surface area contributed by atoms with E-state index in [4.69, 9.17) is 4.74 Å². The molecule has 1 amide bonds. The Morgan fingerprint density at radius 2 is 2.00 bits per heavy atom. The summed E-state index contributed by atoms with van der Waals surface area (Å²) in [4.78, 5) is 10.9. The zero-order valence-corrected chi connectivity index (χ0v) is 7.36. The highest BCUT2D eigenvalue weighted by atomic mass is 16.6. The Labute approximate surface area is 76.7 Å². The number of nitrogens with one attached hydrogen (secondary N) is 1. The summed E-state index contributed by atoms with van der Waals surface area (Å²) in [6, 6.07) is 9.79. The van der Waals surface area contributed by atoms with E-state index in [0.29, 0.717) is 0 Å². The Balaban J connectivity index is 2.23. The fourth-order valence-corrected chi connectivity index (χ4v) is 1.51. The van der Waals surface area contributed by atoms with Crippen LogP contribution >= 0.6 is 0 Å². The van der Waals surface area contributed by atoms with E-state index in [2.05, 4.69) is 5.32 Å². The second-order valence-electron chi connectivity index (χ2n) is 3.17. The van der Waals surface area contributed by atoms with Crippen LogP contribution in [0, 0.1) is 0 Å². The van der Waals surface area contributed by atoms with E-state index in [1.807, 2.05) is 37.3 Å². The van der Waals surface area contributed by atoms with E-state index in [1.165, 1.54) is 0 Å². The van der Waals surface area contributed by atoms with Gasteiger partial charge in [-0.05, 0) is 12.5 Å². The van der Waals surface area contributed by atoms with Gasteiger partial charge in [0.2, 0.25) is 0 Å². The molecule has 2 atom stereocenters. The lowest BCUT2D eigenvalue weighted by Crippen LogP contribution is -2.23. The molecule has 1 heterocycles. The summed E-state index contributed by atoms with van der Waals surface area (Å²) >= 11 is 0. The van der Waals surface area contributed by atoms with Crippen LogP contribution in [0.2, 0.25) is 0 Å². The lowest BCUT2D eigenvalue weighted by Gasteiger charge is -2.12. The third-order valence-corrected chi connectivity index (χ3v) is 2.16. The van der Waals surface area contributed by atoms with Crippen LogP contribution in [0.5, 0.6) is 0 Å². The van der Waals surface area contributed by atoms with Crippen LogP contribution in [0.15, 0.2) is 30.3 Å². The first-order chi connectivity index (χ1) is 6.27. The first-order valence-electron chi connectivity index (χ1n) is 4.29. The monoisotopic (exact) mass is 177 g/mol. The van der Waals surface area contributed by atoms with Crippen LogP contribution in [0.25, 0.3) is 0 Å². The topological polar surface area (TPSA) is 38.3 Å². The number of amides is 1. The quantitative estimate of drug-likeness (QED) is 0.711. The summed E-state index contributed by atoms with van der Waals surface area (Å²) in [7, 11) is 0. The van der Waals surface area contributed by atoms with Gasteiger partial charge >= 0.3 is 6.09 Å². The third-order valence-electron chi connectivity index (χ3n) is 2.16. The SMILES string of the molecule is C[C@H]1NC(=O)O[C@@H]1c1ccccc1. The molecule has 0 radical (unpaired) electrons. The maximum atomic E-state index is 10.9. The summed E-state index contributed by atoms with van der Waals surface area (Å²) in [5.74, 6) is 0. The van der Waals surface area contributed by atoms with Gasteiger partial charge < -0.3 is 10.1 Å². The summed E-state index contributed by atoms with van der Waals surface area (Å²) in [6.45, 7) is 1.93. The minimum atomic E-state index is -0.332. The smallest absolute Gasteiger partial charge is 0.408 e. The van der Waals surface area contributed by atoms with Crippen LogP contribution in [0.1, 0.15) is 18.6 Å². The van der Waals surface area contributed by atoms with E-state index < -0.39 is 0 Å². The molecule has 1 aromatic carbocycles. The molecular formula is C10H11NO2. The Bertz CT molecular complexity index is 310. The molecule has 0 saturated carbocycles. The molecule has 3 heteroatoms. The van der Waals surface area contributed by atoms with Gasteiger partial charge in [0.15, 0.2) is 0 Å². The normalized spacial score (nSPS) is 26.7. The third kappa shape index (κ3) is 1.49. The molecule has 0 unspecified atom stereocenters. The molecule has 0 aliphatic carbocycles. The molecule has 3 nitrogen and oxygen atoms in total. The second-order valence-corrected chi connectivity index (χ2v) is 3.17. The summed E-state index contributed by atoms with van der Waals surface area (Å²) in [6.07, 6.45) is -0.477. The maximum Gasteiger partial charge on any atom is 0.408 e. The van der Waals surface area contributed by atoms with E-state index in [9.17, 15) is 4.79 Å². The molecule has 1 N–H and O–H groups in total. The highest BCUT2D eigenvalue weighted by Crippen LogP contribution is 2.25. The first-order valence-corrected chi connectivity index (χ1v) is 4.29. The van der Waals surface area contributed by atoms with Gasteiger partial charge in [0, 0.05) is 0 Å². The van der Waals surface area contributed by atoms with Crippen molar-refractivity contribution >= 4 is 6.09 Å². The molecule has 1 aliphatic rings. The number of cyclic esters (lactones) is 1. The summed E-state index contributed by atoms with van der Waals surface area (Å²) in [5, 5.41) is 2.70. The van der Waals surface area contributed by atoms with Gasteiger partial charge in [0.1, 0.15) is 6.10 Å².